The van der Waals surface area contributed by atoms with Gasteiger partial charge in [-0.15, -0.1) is 0 Å². The molecule has 116 valence electrons. The number of anilines is 1. The van der Waals surface area contributed by atoms with Crippen molar-refractivity contribution in [3.63, 3.8) is 0 Å². The molecule has 0 fully saturated rings. The van der Waals surface area contributed by atoms with Crippen molar-refractivity contribution < 1.29 is 0 Å². The quantitative estimate of drug-likeness (QED) is 0.751. The number of thiophene rings is 1. The summed E-state index contributed by atoms with van der Waals surface area (Å²) in [4.78, 5) is 11.8. The second kappa shape index (κ2) is 6.10. The molecule has 0 atom stereocenters. The molecular weight excluding hydrogens is 304 g/mol. The lowest BCUT2D eigenvalue weighted by molar-refractivity contribution is 0.241. The predicted molar refractivity (Wildman–Crippen MR) is 94.0 cm³/mol. The molecule has 0 spiro atoms. The number of hydrogen-bond acceptors (Lipinski definition) is 5. The number of nitrogen functional groups attached to an aromatic ring is 1. The van der Waals surface area contributed by atoms with Gasteiger partial charge >= 0.3 is 0 Å². The van der Waals surface area contributed by atoms with E-state index in [9.17, 15) is 0 Å². The lowest BCUT2D eigenvalue weighted by Crippen LogP contribution is -2.30. The molecule has 0 unspecified atom stereocenters. The molecule has 0 bridgehead atoms. The molecule has 4 nitrogen and oxygen atoms in total. The largest absolute Gasteiger partial charge is 0.399 e. The molecule has 0 radical (unpaired) electrons. The molecule has 1 aromatic carbocycles. The highest BCUT2D eigenvalue weighted by atomic mass is 32.1. The van der Waals surface area contributed by atoms with Crippen LogP contribution >= 0.6 is 11.3 Å². The van der Waals surface area contributed by atoms with Crippen LogP contribution in [0.5, 0.6) is 0 Å². The number of nitrogens with zero attached hydrogens (tertiary/aromatic N) is 3. The molecule has 3 aromatic rings. The van der Waals surface area contributed by atoms with Crippen molar-refractivity contribution in [2.75, 3.05) is 12.3 Å². The van der Waals surface area contributed by atoms with Crippen LogP contribution < -0.4 is 5.73 Å². The number of fused-ring (bicyclic) bond motifs is 1. The van der Waals surface area contributed by atoms with Gasteiger partial charge in [-0.2, -0.15) is 11.3 Å². The van der Waals surface area contributed by atoms with Crippen molar-refractivity contribution >= 4 is 17.0 Å². The first-order valence-electron chi connectivity index (χ1n) is 7.72. The molecule has 4 rings (SSSR count). The van der Waals surface area contributed by atoms with Gasteiger partial charge in [-0.1, -0.05) is 0 Å². The Labute approximate surface area is 139 Å². The number of aromatic nitrogens is 2. The molecular formula is C18H18N4S. The maximum atomic E-state index is 5.75. The highest BCUT2D eigenvalue weighted by molar-refractivity contribution is 7.07. The first-order valence-corrected chi connectivity index (χ1v) is 8.66. The van der Waals surface area contributed by atoms with Crippen molar-refractivity contribution in [3.05, 3.63) is 64.1 Å². The van der Waals surface area contributed by atoms with Crippen LogP contribution in [-0.4, -0.2) is 21.4 Å². The highest BCUT2D eigenvalue weighted by Gasteiger charge is 2.19. The van der Waals surface area contributed by atoms with Crippen LogP contribution in [0.1, 0.15) is 16.8 Å². The molecule has 1 aliphatic rings. The summed E-state index contributed by atoms with van der Waals surface area (Å²) in [6, 6.07) is 9.92. The average Bonchev–Trinajstić information content (AvgIpc) is 3.08. The Bertz CT molecular complexity index is 796. The Morgan fingerprint density at radius 2 is 2.04 bits per heavy atom. The Morgan fingerprint density at radius 3 is 2.83 bits per heavy atom. The summed E-state index contributed by atoms with van der Waals surface area (Å²) in [5.41, 5.74) is 11.3. The minimum Gasteiger partial charge on any atom is -0.399 e. The third-order valence-corrected chi connectivity index (χ3v) is 4.91. The van der Waals surface area contributed by atoms with Crippen molar-refractivity contribution in [1.82, 2.24) is 14.9 Å². The van der Waals surface area contributed by atoms with E-state index >= 15 is 0 Å². The van der Waals surface area contributed by atoms with Gasteiger partial charge < -0.3 is 5.73 Å². The monoisotopic (exact) mass is 322 g/mol. The summed E-state index contributed by atoms with van der Waals surface area (Å²) in [5.74, 6) is 0.779. The smallest absolute Gasteiger partial charge is 0.159 e. The number of nitrogens with two attached hydrogens (primary N) is 1. The standard InChI is InChI=1S/C18H18N4S/c19-16-3-1-14(2-4-16)18-20-9-15-5-7-22(11-17(15)21-18)10-13-6-8-23-12-13/h1-4,6,8-9,12H,5,7,10-11,19H2. The van der Waals surface area contributed by atoms with Crippen molar-refractivity contribution in [3.8, 4) is 11.4 Å². The molecule has 5 heteroatoms. The van der Waals surface area contributed by atoms with E-state index in [0.717, 1.165) is 48.8 Å². The van der Waals surface area contributed by atoms with Gasteiger partial charge in [0.05, 0.1) is 5.69 Å². The molecule has 2 aromatic heterocycles. The summed E-state index contributed by atoms with van der Waals surface area (Å²) < 4.78 is 0. The SMILES string of the molecule is Nc1ccc(-c2ncc3c(n2)CN(Cc2ccsc2)CC3)cc1. The zero-order chi connectivity index (χ0) is 15.6. The van der Waals surface area contributed by atoms with Crippen LogP contribution in [0, 0.1) is 0 Å². The minimum absolute atomic E-state index is 0.758. The molecule has 23 heavy (non-hydrogen) atoms. The minimum atomic E-state index is 0.758. The zero-order valence-electron chi connectivity index (χ0n) is 12.8. The Morgan fingerprint density at radius 1 is 1.17 bits per heavy atom. The van der Waals surface area contributed by atoms with Crippen LogP contribution in [0.15, 0.2) is 47.3 Å². The van der Waals surface area contributed by atoms with Gasteiger partial charge in [0.25, 0.3) is 0 Å². The maximum absolute atomic E-state index is 5.75. The van der Waals surface area contributed by atoms with Gasteiger partial charge in [0.2, 0.25) is 0 Å². The fourth-order valence-corrected chi connectivity index (χ4v) is 3.56. The van der Waals surface area contributed by atoms with Gasteiger partial charge in [-0.25, -0.2) is 9.97 Å². The molecule has 1 aliphatic heterocycles. The molecule has 0 amide bonds. The molecule has 0 saturated heterocycles. The van der Waals surface area contributed by atoms with Crippen molar-refractivity contribution in [2.45, 2.75) is 19.5 Å². The van der Waals surface area contributed by atoms with Crippen molar-refractivity contribution in [2.24, 2.45) is 0 Å². The van der Waals surface area contributed by atoms with Gasteiger partial charge in [0.15, 0.2) is 5.82 Å². The third kappa shape index (κ3) is 3.11. The first kappa shape index (κ1) is 14.4. The van der Waals surface area contributed by atoms with E-state index in [4.69, 9.17) is 10.7 Å². The number of hydrogen-bond donors (Lipinski definition) is 1. The average molecular weight is 322 g/mol. The van der Waals surface area contributed by atoms with E-state index in [1.165, 1.54) is 11.1 Å². The molecule has 0 saturated carbocycles. The summed E-state index contributed by atoms with van der Waals surface area (Å²) in [5, 5.41) is 4.35. The van der Waals surface area contributed by atoms with Gasteiger partial charge in [0, 0.05) is 37.1 Å². The Kier molecular flexibility index (Phi) is 3.81. The number of benzene rings is 1. The highest BCUT2D eigenvalue weighted by Crippen LogP contribution is 2.23. The van der Waals surface area contributed by atoms with E-state index in [-0.39, 0.29) is 0 Å². The zero-order valence-corrected chi connectivity index (χ0v) is 13.6. The fourth-order valence-electron chi connectivity index (χ4n) is 2.90. The topological polar surface area (TPSA) is 55.0 Å². The fraction of sp³-hybridized carbons (Fsp3) is 0.222. The normalized spacial score (nSPS) is 14.6. The third-order valence-electron chi connectivity index (χ3n) is 4.18. The van der Waals surface area contributed by atoms with Crippen LogP contribution in [0.2, 0.25) is 0 Å². The van der Waals surface area contributed by atoms with E-state index in [1.54, 1.807) is 11.3 Å². The summed E-state index contributed by atoms with van der Waals surface area (Å²) >= 11 is 1.75. The molecule has 2 N–H and O–H groups in total. The van der Waals surface area contributed by atoms with Crippen LogP contribution in [0.3, 0.4) is 0 Å². The van der Waals surface area contributed by atoms with Crippen LogP contribution in [-0.2, 0) is 19.5 Å². The summed E-state index contributed by atoms with van der Waals surface area (Å²) in [6.07, 6.45) is 3.00. The second-order valence-electron chi connectivity index (χ2n) is 5.88. The second-order valence-corrected chi connectivity index (χ2v) is 6.66. The predicted octanol–water partition coefficient (Wildman–Crippen LogP) is 3.35. The first-order chi connectivity index (χ1) is 11.3. The lowest BCUT2D eigenvalue weighted by atomic mass is 10.1. The van der Waals surface area contributed by atoms with E-state index in [2.05, 4.69) is 26.7 Å². The Hall–Kier alpha value is -2.24. The maximum Gasteiger partial charge on any atom is 0.159 e. The van der Waals surface area contributed by atoms with E-state index in [0.29, 0.717) is 0 Å². The summed E-state index contributed by atoms with van der Waals surface area (Å²) in [6.45, 7) is 2.94. The van der Waals surface area contributed by atoms with Crippen molar-refractivity contribution in [1.29, 1.82) is 0 Å². The molecule has 3 heterocycles. The van der Waals surface area contributed by atoms with Gasteiger partial charge in [0.1, 0.15) is 0 Å². The van der Waals surface area contributed by atoms with E-state index in [1.807, 2.05) is 30.5 Å². The number of rotatable bonds is 3. The van der Waals surface area contributed by atoms with E-state index < -0.39 is 0 Å². The van der Waals surface area contributed by atoms with Crippen LogP contribution in [0.4, 0.5) is 5.69 Å². The summed E-state index contributed by atoms with van der Waals surface area (Å²) in [7, 11) is 0. The molecule has 0 aliphatic carbocycles. The van der Waals surface area contributed by atoms with Gasteiger partial charge in [-0.05, 0) is 58.6 Å². The lowest BCUT2D eigenvalue weighted by Gasteiger charge is -2.27. The Balaban J connectivity index is 1.57. The van der Waals surface area contributed by atoms with Gasteiger partial charge in [-0.3, -0.25) is 4.90 Å². The van der Waals surface area contributed by atoms with Crippen LogP contribution in [0.25, 0.3) is 11.4 Å².